The fourth-order valence-electron chi connectivity index (χ4n) is 1.64. The van der Waals surface area contributed by atoms with Crippen molar-refractivity contribution in [1.82, 2.24) is 24.7 Å². The molecule has 6 heteroatoms. The Bertz CT molecular complexity index is 465. The molecule has 0 bridgehead atoms. The molecule has 0 aliphatic heterocycles. The van der Waals surface area contributed by atoms with Gasteiger partial charge in [0.2, 0.25) is 0 Å². The van der Waals surface area contributed by atoms with Gasteiger partial charge < -0.3 is 5.32 Å². The second-order valence-corrected chi connectivity index (χ2v) is 3.64. The molecule has 0 aromatic carbocycles. The molecule has 0 spiro atoms. The van der Waals surface area contributed by atoms with Crippen LogP contribution in [0.3, 0.4) is 0 Å². The highest BCUT2D eigenvalue weighted by Crippen LogP contribution is 2.18. The van der Waals surface area contributed by atoms with Gasteiger partial charge in [-0.1, -0.05) is 13.8 Å². The fourth-order valence-corrected chi connectivity index (χ4v) is 1.64. The monoisotopic (exact) mass is 232 g/mol. The van der Waals surface area contributed by atoms with Gasteiger partial charge in [0.1, 0.15) is 24.8 Å². The van der Waals surface area contributed by atoms with Gasteiger partial charge in [-0.15, -0.1) is 0 Å². The Morgan fingerprint density at radius 2 is 2.12 bits per heavy atom. The third-order valence-corrected chi connectivity index (χ3v) is 2.45. The smallest absolute Gasteiger partial charge is 0.163 e. The molecule has 2 aromatic rings. The van der Waals surface area contributed by atoms with Crippen LogP contribution in [0.5, 0.6) is 0 Å². The van der Waals surface area contributed by atoms with Gasteiger partial charge >= 0.3 is 0 Å². The zero-order chi connectivity index (χ0) is 12.1. The van der Waals surface area contributed by atoms with Crippen molar-refractivity contribution < 1.29 is 0 Å². The molecular formula is C11H16N6. The lowest BCUT2D eigenvalue weighted by Crippen LogP contribution is -2.10. The van der Waals surface area contributed by atoms with Crippen LogP contribution in [0.4, 0.5) is 5.82 Å². The second kappa shape index (κ2) is 5.38. The molecule has 2 aromatic heterocycles. The second-order valence-electron chi connectivity index (χ2n) is 3.64. The summed E-state index contributed by atoms with van der Waals surface area (Å²) >= 11 is 0. The third-order valence-electron chi connectivity index (χ3n) is 2.45. The molecule has 17 heavy (non-hydrogen) atoms. The predicted octanol–water partition coefficient (Wildman–Crippen LogP) is 1.44. The van der Waals surface area contributed by atoms with Gasteiger partial charge in [0.25, 0.3) is 0 Å². The molecule has 0 radical (unpaired) electrons. The third kappa shape index (κ3) is 2.41. The van der Waals surface area contributed by atoms with E-state index in [4.69, 9.17) is 0 Å². The van der Waals surface area contributed by atoms with E-state index in [9.17, 15) is 0 Å². The molecule has 0 unspecified atom stereocenters. The Kier molecular flexibility index (Phi) is 3.64. The Balaban J connectivity index is 2.39. The molecule has 0 saturated carbocycles. The van der Waals surface area contributed by atoms with Crippen LogP contribution in [-0.2, 0) is 6.42 Å². The van der Waals surface area contributed by atoms with Crippen molar-refractivity contribution in [3.63, 3.8) is 0 Å². The molecule has 0 aliphatic carbocycles. The van der Waals surface area contributed by atoms with Crippen LogP contribution in [0.25, 0.3) is 5.82 Å². The zero-order valence-corrected chi connectivity index (χ0v) is 10.1. The molecule has 0 atom stereocenters. The largest absolute Gasteiger partial charge is 0.370 e. The first-order chi connectivity index (χ1) is 8.36. The van der Waals surface area contributed by atoms with Crippen molar-refractivity contribution >= 4 is 5.82 Å². The summed E-state index contributed by atoms with van der Waals surface area (Å²) in [7, 11) is 0. The van der Waals surface area contributed by atoms with Crippen molar-refractivity contribution in [3.8, 4) is 5.82 Å². The topological polar surface area (TPSA) is 68.5 Å². The van der Waals surface area contributed by atoms with Gasteiger partial charge in [0.15, 0.2) is 5.82 Å². The lowest BCUT2D eigenvalue weighted by Gasteiger charge is -2.12. The van der Waals surface area contributed by atoms with Crippen LogP contribution < -0.4 is 5.32 Å². The summed E-state index contributed by atoms with van der Waals surface area (Å²) in [5.41, 5.74) is 1.06. The van der Waals surface area contributed by atoms with E-state index in [1.54, 1.807) is 17.3 Å². The van der Waals surface area contributed by atoms with Crippen molar-refractivity contribution in [2.45, 2.75) is 26.7 Å². The highest BCUT2D eigenvalue weighted by Gasteiger charge is 2.11. The lowest BCUT2D eigenvalue weighted by atomic mass is 10.2. The molecule has 6 nitrogen and oxygen atoms in total. The summed E-state index contributed by atoms with van der Waals surface area (Å²) in [5, 5.41) is 7.41. The van der Waals surface area contributed by atoms with Gasteiger partial charge in [0, 0.05) is 12.1 Å². The Labute approximate surface area is 100 Å². The van der Waals surface area contributed by atoms with E-state index in [1.807, 2.05) is 0 Å². The molecule has 2 rings (SSSR count). The van der Waals surface area contributed by atoms with Gasteiger partial charge in [-0.3, -0.25) is 0 Å². The van der Waals surface area contributed by atoms with Crippen LogP contribution in [0.1, 0.15) is 25.8 Å². The highest BCUT2D eigenvalue weighted by molar-refractivity contribution is 5.51. The Morgan fingerprint density at radius 3 is 2.76 bits per heavy atom. The Hall–Kier alpha value is -1.98. The highest BCUT2D eigenvalue weighted by atomic mass is 15.3. The summed E-state index contributed by atoms with van der Waals surface area (Å²) in [5.74, 6) is 1.67. The number of nitrogens with one attached hydrogen (secondary N) is 1. The summed E-state index contributed by atoms with van der Waals surface area (Å²) in [6.45, 7) is 5.11. The average Bonchev–Trinajstić information content (AvgIpc) is 2.89. The maximum atomic E-state index is 4.27. The van der Waals surface area contributed by atoms with Gasteiger partial charge in [0.05, 0.1) is 0 Å². The van der Waals surface area contributed by atoms with Crippen LogP contribution in [0, 0.1) is 0 Å². The lowest BCUT2D eigenvalue weighted by molar-refractivity contribution is 0.814. The number of rotatable bonds is 5. The maximum absolute atomic E-state index is 4.27. The van der Waals surface area contributed by atoms with Crippen LogP contribution in [0.2, 0.25) is 0 Å². The quantitative estimate of drug-likeness (QED) is 0.844. The minimum atomic E-state index is 0.790. The summed E-state index contributed by atoms with van der Waals surface area (Å²) in [6.07, 6.45) is 6.61. The van der Waals surface area contributed by atoms with E-state index in [0.717, 1.165) is 36.6 Å². The zero-order valence-electron chi connectivity index (χ0n) is 10.1. The van der Waals surface area contributed by atoms with Crippen molar-refractivity contribution in [2.24, 2.45) is 0 Å². The van der Waals surface area contributed by atoms with Crippen molar-refractivity contribution in [2.75, 3.05) is 11.9 Å². The standard InChI is InChI=1S/C11H16N6/c1-3-5-13-10-9(4-2)11(15-7-14-10)17-8-12-6-16-17/h6-8H,3-5H2,1-2H3,(H,13,14,15). The molecule has 2 heterocycles. The van der Waals surface area contributed by atoms with Crippen LogP contribution in [0.15, 0.2) is 19.0 Å². The summed E-state index contributed by atoms with van der Waals surface area (Å²) in [4.78, 5) is 12.5. The molecule has 0 saturated heterocycles. The van der Waals surface area contributed by atoms with Crippen molar-refractivity contribution in [3.05, 3.63) is 24.5 Å². The van der Waals surface area contributed by atoms with Crippen LogP contribution in [-0.4, -0.2) is 31.3 Å². The Morgan fingerprint density at radius 1 is 1.24 bits per heavy atom. The minimum absolute atomic E-state index is 0.790. The minimum Gasteiger partial charge on any atom is -0.370 e. The molecule has 0 fully saturated rings. The van der Waals surface area contributed by atoms with E-state index in [0.29, 0.717) is 0 Å². The number of hydrogen-bond acceptors (Lipinski definition) is 5. The average molecular weight is 232 g/mol. The van der Waals surface area contributed by atoms with Gasteiger partial charge in [-0.25, -0.2) is 19.6 Å². The SMILES string of the molecule is CCCNc1ncnc(-n2cncn2)c1CC. The molecule has 1 N–H and O–H groups in total. The van der Waals surface area contributed by atoms with E-state index in [2.05, 4.69) is 39.2 Å². The first kappa shape index (κ1) is 11.5. The van der Waals surface area contributed by atoms with Crippen molar-refractivity contribution in [1.29, 1.82) is 0 Å². The van der Waals surface area contributed by atoms with Crippen LogP contribution >= 0.6 is 0 Å². The van der Waals surface area contributed by atoms with E-state index < -0.39 is 0 Å². The number of aromatic nitrogens is 5. The first-order valence-electron chi connectivity index (χ1n) is 5.79. The summed E-state index contributed by atoms with van der Waals surface area (Å²) < 4.78 is 1.66. The molecule has 0 aliphatic rings. The molecular weight excluding hydrogens is 216 g/mol. The van der Waals surface area contributed by atoms with E-state index in [1.165, 1.54) is 6.33 Å². The number of anilines is 1. The normalized spacial score (nSPS) is 10.5. The van der Waals surface area contributed by atoms with E-state index >= 15 is 0 Å². The molecule has 0 amide bonds. The van der Waals surface area contributed by atoms with E-state index in [-0.39, 0.29) is 0 Å². The number of hydrogen-bond donors (Lipinski definition) is 1. The first-order valence-corrected chi connectivity index (χ1v) is 5.79. The summed E-state index contributed by atoms with van der Waals surface area (Å²) in [6, 6.07) is 0. The fraction of sp³-hybridized carbons (Fsp3) is 0.455. The molecule has 90 valence electrons. The van der Waals surface area contributed by atoms with Gasteiger partial charge in [-0.2, -0.15) is 5.10 Å². The maximum Gasteiger partial charge on any atom is 0.163 e. The van der Waals surface area contributed by atoms with Gasteiger partial charge in [-0.05, 0) is 12.8 Å². The predicted molar refractivity (Wildman–Crippen MR) is 65.1 cm³/mol. The number of nitrogens with zero attached hydrogens (tertiary/aromatic N) is 5.